The van der Waals surface area contributed by atoms with Crippen LogP contribution in [0.1, 0.15) is 43.4 Å². The first-order valence-corrected chi connectivity index (χ1v) is 10.9. The molecule has 32 heavy (non-hydrogen) atoms. The average Bonchev–Trinajstić information content (AvgIpc) is 3.36. The first-order chi connectivity index (χ1) is 15.1. The molecule has 0 unspecified atom stereocenters. The fraction of sp³-hybridized carbons (Fsp3) is 0.400. The molecule has 2 aromatic carbocycles. The summed E-state index contributed by atoms with van der Waals surface area (Å²) in [6.45, 7) is 8.60. The van der Waals surface area contributed by atoms with Crippen molar-refractivity contribution in [3.63, 3.8) is 0 Å². The number of rotatable bonds is 3. The van der Waals surface area contributed by atoms with Crippen molar-refractivity contribution < 1.29 is 14.3 Å². The number of ether oxygens (including phenoxy) is 1. The van der Waals surface area contributed by atoms with E-state index in [0.717, 1.165) is 29.0 Å². The van der Waals surface area contributed by atoms with E-state index in [2.05, 4.69) is 9.55 Å². The van der Waals surface area contributed by atoms with Crippen molar-refractivity contribution in [2.45, 2.75) is 45.8 Å². The zero-order valence-electron chi connectivity index (χ0n) is 19.3. The fourth-order valence-corrected chi connectivity index (χ4v) is 4.15. The summed E-state index contributed by atoms with van der Waals surface area (Å²) in [6, 6.07) is 15.6. The third-order valence-corrected chi connectivity index (χ3v) is 5.78. The molecule has 1 atom stereocenters. The number of hydrogen-bond acceptors (Lipinski definition) is 4. The minimum Gasteiger partial charge on any atom is -0.444 e. The molecule has 0 saturated carbocycles. The van der Waals surface area contributed by atoms with Crippen LogP contribution in [0.25, 0.3) is 16.7 Å². The maximum absolute atomic E-state index is 13.1. The molecule has 0 aliphatic carbocycles. The third kappa shape index (κ3) is 4.33. The molecule has 1 saturated heterocycles. The molecule has 1 aliphatic rings. The molecule has 2 amide bonds. The minimum absolute atomic E-state index is 0.0328. The van der Waals surface area contributed by atoms with Gasteiger partial charge in [0.25, 0.3) is 5.91 Å². The molecule has 0 spiro atoms. The molecule has 1 aromatic heterocycles. The molecule has 2 heterocycles. The van der Waals surface area contributed by atoms with Gasteiger partial charge in [0.15, 0.2) is 0 Å². The molecule has 7 nitrogen and oxygen atoms in total. The van der Waals surface area contributed by atoms with Gasteiger partial charge in [0.1, 0.15) is 11.4 Å². The van der Waals surface area contributed by atoms with E-state index < -0.39 is 5.60 Å². The van der Waals surface area contributed by atoms with Gasteiger partial charge >= 0.3 is 6.09 Å². The van der Waals surface area contributed by atoms with Crippen molar-refractivity contribution in [1.82, 2.24) is 19.4 Å². The number of carbonyl (C=O) groups excluding carboxylic acids is 2. The van der Waals surface area contributed by atoms with Gasteiger partial charge in [-0.1, -0.05) is 12.1 Å². The quantitative estimate of drug-likeness (QED) is 0.612. The number of benzene rings is 2. The molecule has 4 rings (SSSR count). The van der Waals surface area contributed by atoms with Gasteiger partial charge < -0.3 is 14.5 Å². The van der Waals surface area contributed by atoms with E-state index in [9.17, 15) is 9.59 Å². The number of fused-ring (bicyclic) bond motifs is 1. The van der Waals surface area contributed by atoms with Crippen molar-refractivity contribution in [2.75, 3.05) is 20.1 Å². The number of imidazole rings is 1. The molecule has 0 bridgehead atoms. The smallest absolute Gasteiger partial charge is 0.410 e. The summed E-state index contributed by atoms with van der Waals surface area (Å²) in [5.74, 6) is 0.843. The molecule has 0 N–H and O–H groups in total. The maximum Gasteiger partial charge on any atom is 0.410 e. The Kier molecular flexibility index (Phi) is 5.67. The Balaban J connectivity index is 1.46. The summed E-state index contributed by atoms with van der Waals surface area (Å²) < 4.78 is 7.55. The van der Waals surface area contributed by atoms with Crippen LogP contribution >= 0.6 is 0 Å². The van der Waals surface area contributed by atoms with Crippen LogP contribution in [-0.2, 0) is 4.74 Å². The zero-order chi connectivity index (χ0) is 23.0. The molecule has 0 radical (unpaired) electrons. The predicted molar refractivity (Wildman–Crippen MR) is 124 cm³/mol. The molecule has 7 heteroatoms. The van der Waals surface area contributed by atoms with Crippen LogP contribution in [0.3, 0.4) is 0 Å². The average molecular weight is 435 g/mol. The van der Waals surface area contributed by atoms with Crippen LogP contribution in [0.15, 0.2) is 48.5 Å². The monoisotopic (exact) mass is 434 g/mol. The van der Waals surface area contributed by atoms with Crippen LogP contribution < -0.4 is 0 Å². The van der Waals surface area contributed by atoms with Crippen molar-refractivity contribution in [3.8, 4) is 5.69 Å². The number of likely N-dealkylation sites (tertiary alicyclic amines) is 1. The van der Waals surface area contributed by atoms with E-state index in [4.69, 9.17) is 4.74 Å². The summed E-state index contributed by atoms with van der Waals surface area (Å²) in [5, 5.41) is 0. The lowest BCUT2D eigenvalue weighted by molar-refractivity contribution is 0.0279. The molecule has 3 aromatic rings. The second-order valence-electron chi connectivity index (χ2n) is 9.31. The lowest BCUT2D eigenvalue weighted by Gasteiger charge is -2.27. The highest BCUT2D eigenvalue weighted by Gasteiger charge is 2.33. The summed E-state index contributed by atoms with van der Waals surface area (Å²) in [5.41, 5.74) is 3.04. The van der Waals surface area contributed by atoms with Crippen molar-refractivity contribution in [2.24, 2.45) is 0 Å². The standard InChI is InChI=1S/C25H30N4O3/c1-17-26-21-8-6-7-9-22(21)29(17)19-12-10-18(11-13-19)23(30)27(5)20-14-15-28(16-20)24(31)32-25(2,3)4/h6-13,20H,14-16H2,1-5H3/t20-/m1/s1. The second-order valence-corrected chi connectivity index (χ2v) is 9.31. The van der Waals surface area contributed by atoms with Crippen LogP contribution in [0.5, 0.6) is 0 Å². The first-order valence-electron chi connectivity index (χ1n) is 10.9. The number of nitrogens with zero attached hydrogens (tertiary/aromatic N) is 4. The minimum atomic E-state index is -0.530. The number of carbonyl (C=O) groups is 2. The lowest BCUT2D eigenvalue weighted by Crippen LogP contribution is -2.41. The van der Waals surface area contributed by atoms with Crippen molar-refractivity contribution in [3.05, 3.63) is 59.9 Å². The van der Waals surface area contributed by atoms with Crippen molar-refractivity contribution in [1.29, 1.82) is 0 Å². The van der Waals surface area contributed by atoms with E-state index >= 15 is 0 Å². The number of likely N-dealkylation sites (N-methyl/N-ethyl adjacent to an activating group) is 1. The van der Waals surface area contributed by atoms with Gasteiger partial charge in [0, 0.05) is 31.4 Å². The zero-order valence-corrected chi connectivity index (χ0v) is 19.3. The number of para-hydroxylation sites is 2. The van der Waals surface area contributed by atoms with Gasteiger partial charge in [-0.25, -0.2) is 9.78 Å². The van der Waals surface area contributed by atoms with E-state index in [1.807, 2.05) is 76.2 Å². The van der Waals surface area contributed by atoms with Crippen LogP contribution in [0.4, 0.5) is 4.79 Å². The molecular formula is C25H30N4O3. The highest BCUT2D eigenvalue weighted by atomic mass is 16.6. The molecule has 1 fully saturated rings. The maximum atomic E-state index is 13.1. The number of amides is 2. The van der Waals surface area contributed by atoms with Gasteiger partial charge in [-0.05, 0) is 70.5 Å². The Bertz CT molecular complexity index is 1140. The lowest BCUT2D eigenvalue weighted by atomic mass is 10.1. The fourth-order valence-electron chi connectivity index (χ4n) is 4.15. The van der Waals surface area contributed by atoms with Crippen molar-refractivity contribution >= 4 is 23.0 Å². The normalized spacial score (nSPS) is 16.4. The second kappa shape index (κ2) is 8.30. The number of hydrogen-bond donors (Lipinski definition) is 0. The summed E-state index contributed by atoms with van der Waals surface area (Å²) in [7, 11) is 1.80. The van der Waals surface area contributed by atoms with Gasteiger partial charge in [-0.2, -0.15) is 0 Å². The number of aromatic nitrogens is 2. The predicted octanol–water partition coefficient (Wildman–Crippen LogP) is 4.42. The Morgan fingerprint density at radius 3 is 2.47 bits per heavy atom. The first kappa shape index (κ1) is 21.9. The van der Waals surface area contributed by atoms with E-state index in [0.29, 0.717) is 18.7 Å². The Morgan fingerprint density at radius 1 is 1.09 bits per heavy atom. The van der Waals surface area contributed by atoms with Crippen LogP contribution in [0, 0.1) is 6.92 Å². The topological polar surface area (TPSA) is 67.7 Å². The van der Waals surface area contributed by atoms with Gasteiger partial charge in [-0.15, -0.1) is 0 Å². The van der Waals surface area contributed by atoms with E-state index in [1.54, 1.807) is 16.8 Å². The summed E-state index contributed by atoms with van der Waals surface area (Å²) >= 11 is 0. The SMILES string of the molecule is Cc1nc2ccccc2n1-c1ccc(C(=O)N(C)[C@@H]2CCN(C(=O)OC(C)(C)C)C2)cc1. The van der Waals surface area contributed by atoms with E-state index in [1.165, 1.54) is 0 Å². The van der Waals surface area contributed by atoms with Gasteiger partial charge in [0.2, 0.25) is 0 Å². The summed E-state index contributed by atoms with van der Waals surface area (Å²) in [6.07, 6.45) is 0.410. The number of aryl methyl sites for hydroxylation is 1. The largest absolute Gasteiger partial charge is 0.444 e. The Morgan fingerprint density at radius 2 is 1.78 bits per heavy atom. The van der Waals surface area contributed by atoms with Crippen LogP contribution in [0.2, 0.25) is 0 Å². The van der Waals surface area contributed by atoms with Crippen LogP contribution in [-0.4, -0.2) is 63.1 Å². The van der Waals surface area contributed by atoms with E-state index in [-0.39, 0.29) is 18.0 Å². The molecular weight excluding hydrogens is 404 g/mol. The highest BCUT2D eigenvalue weighted by Crippen LogP contribution is 2.23. The summed E-state index contributed by atoms with van der Waals surface area (Å²) in [4.78, 5) is 33.4. The third-order valence-electron chi connectivity index (χ3n) is 5.78. The Labute approximate surface area is 188 Å². The van der Waals surface area contributed by atoms with Gasteiger partial charge in [0.05, 0.1) is 17.1 Å². The Hall–Kier alpha value is -3.35. The highest BCUT2D eigenvalue weighted by molar-refractivity contribution is 5.94. The van der Waals surface area contributed by atoms with Gasteiger partial charge in [-0.3, -0.25) is 9.36 Å². The molecule has 168 valence electrons. The molecule has 1 aliphatic heterocycles.